The maximum Gasteiger partial charge on any atom is 0.0254 e. The molecule has 0 aliphatic carbocycles. The van der Waals surface area contributed by atoms with Crippen LogP contribution in [-0.2, 0) is 0 Å². The summed E-state index contributed by atoms with van der Waals surface area (Å²) in [6, 6.07) is 8.22. The molecule has 1 aromatic carbocycles. The fourth-order valence-corrected chi connectivity index (χ4v) is 1.20. The Morgan fingerprint density at radius 2 is 1.91 bits per heavy atom. The molecule has 1 aromatic rings. The van der Waals surface area contributed by atoms with Crippen molar-refractivity contribution in [3.63, 3.8) is 0 Å². The lowest BCUT2D eigenvalue weighted by atomic mass is 10.2. The van der Waals surface area contributed by atoms with E-state index >= 15 is 0 Å². The third kappa shape index (κ3) is 3.17. The van der Waals surface area contributed by atoms with Crippen molar-refractivity contribution in [1.82, 2.24) is 0 Å². The first-order chi connectivity index (χ1) is 5.33. The van der Waals surface area contributed by atoms with Crippen molar-refractivity contribution in [3.8, 4) is 11.2 Å². The van der Waals surface area contributed by atoms with E-state index in [4.69, 9.17) is 0 Å². The highest BCUT2D eigenvalue weighted by atomic mass is 127. The van der Waals surface area contributed by atoms with Crippen LogP contribution in [0.4, 0.5) is 0 Å². The van der Waals surface area contributed by atoms with Crippen molar-refractivity contribution in [3.05, 3.63) is 35.4 Å². The summed E-state index contributed by atoms with van der Waals surface area (Å²) in [7, 11) is 1.51. The fourth-order valence-electron chi connectivity index (χ4n) is 0.715. The van der Waals surface area contributed by atoms with Gasteiger partial charge in [-0.15, -0.1) is 0 Å². The van der Waals surface area contributed by atoms with Crippen LogP contribution in [0.1, 0.15) is 11.1 Å². The lowest BCUT2D eigenvalue weighted by Crippen LogP contribution is -1.73. The Kier molecular flexibility index (Phi) is 3.81. The topological polar surface area (TPSA) is 0 Å². The van der Waals surface area contributed by atoms with Crippen molar-refractivity contribution in [2.75, 3.05) is 0 Å². The summed E-state index contributed by atoms with van der Waals surface area (Å²) in [6.07, 6.45) is 0. The molecule has 0 saturated carbocycles. The average molecular weight is 274 g/mol. The number of hydrogen-bond acceptors (Lipinski definition) is 1. The lowest BCUT2D eigenvalue weighted by Gasteiger charge is -1.90. The third-order valence-corrected chi connectivity index (χ3v) is 2.13. The number of rotatable bonds is 0. The Balaban J connectivity index is 2.82. The number of aryl methyl sites for hydroxylation is 1. The molecule has 2 heteroatoms. The van der Waals surface area contributed by atoms with Crippen molar-refractivity contribution in [2.24, 2.45) is 0 Å². The molecule has 1 rings (SSSR count). The molecule has 0 saturated heterocycles. The zero-order valence-electron chi connectivity index (χ0n) is 6.10. The van der Waals surface area contributed by atoms with E-state index < -0.39 is 0 Å². The summed E-state index contributed by atoms with van der Waals surface area (Å²) >= 11 is 2.16. The predicted molar refractivity (Wildman–Crippen MR) is 59.7 cm³/mol. The molecule has 0 radical (unpaired) electrons. The first kappa shape index (κ1) is 8.95. The van der Waals surface area contributed by atoms with Gasteiger partial charge in [-0.25, -0.2) is 0 Å². The molecule has 0 aliphatic rings. The molecular formula is C9H7IS. The maximum atomic E-state index is 3.03. The smallest absolute Gasteiger partial charge is 0.0254 e. The summed E-state index contributed by atoms with van der Waals surface area (Å²) < 4.78 is 0. The molecule has 0 aliphatic heterocycles. The standard InChI is InChI=1S/C9H7IS/c1-8-2-4-9(5-3-8)6-7-11-10/h2-5H,1H3. The molecule has 0 atom stereocenters. The van der Waals surface area contributed by atoms with E-state index in [1.165, 1.54) is 14.5 Å². The maximum absolute atomic E-state index is 3.03. The molecule has 11 heavy (non-hydrogen) atoms. The summed E-state index contributed by atoms with van der Waals surface area (Å²) in [4.78, 5) is 0. The quantitative estimate of drug-likeness (QED) is 0.516. The van der Waals surface area contributed by atoms with Crippen molar-refractivity contribution in [1.29, 1.82) is 0 Å². The summed E-state index contributed by atoms with van der Waals surface area (Å²) in [5.74, 6) is 3.03. The molecule has 0 amide bonds. The van der Waals surface area contributed by atoms with Crippen LogP contribution >= 0.6 is 30.1 Å². The summed E-state index contributed by atoms with van der Waals surface area (Å²) in [5, 5.41) is 2.94. The second kappa shape index (κ2) is 4.68. The van der Waals surface area contributed by atoms with Crippen LogP contribution in [0.15, 0.2) is 24.3 Å². The Hall–Kier alpha value is -0.140. The molecule has 0 heterocycles. The van der Waals surface area contributed by atoms with Crippen LogP contribution in [0.5, 0.6) is 0 Å². The van der Waals surface area contributed by atoms with E-state index in [1.807, 2.05) is 12.1 Å². The minimum atomic E-state index is 1.08. The molecule has 0 N–H and O–H groups in total. The van der Waals surface area contributed by atoms with Gasteiger partial charge in [-0.1, -0.05) is 23.6 Å². The Morgan fingerprint density at radius 1 is 1.27 bits per heavy atom. The highest BCUT2D eigenvalue weighted by Crippen LogP contribution is 2.08. The Bertz CT molecular complexity index is 279. The van der Waals surface area contributed by atoms with E-state index in [9.17, 15) is 0 Å². The third-order valence-electron chi connectivity index (χ3n) is 1.29. The van der Waals surface area contributed by atoms with Gasteiger partial charge in [0, 0.05) is 26.8 Å². The SMILES string of the molecule is Cc1ccc(C#CSI)cc1. The van der Waals surface area contributed by atoms with Gasteiger partial charge in [0.2, 0.25) is 0 Å². The normalized spacial score (nSPS) is 8.55. The van der Waals surface area contributed by atoms with Gasteiger partial charge in [0.25, 0.3) is 0 Å². The van der Waals surface area contributed by atoms with Gasteiger partial charge in [0.05, 0.1) is 0 Å². The van der Waals surface area contributed by atoms with Gasteiger partial charge in [0.15, 0.2) is 0 Å². The molecule has 0 nitrogen and oxygen atoms in total. The molecular weight excluding hydrogens is 267 g/mol. The van der Waals surface area contributed by atoms with Gasteiger partial charge in [-0.2, -0.15) is 0 Å². The van der Waals surface area contributed by atoms with Gasteiger partial charge in [0.1, 0.15) is 0 Å². The van der Waals surface area contributed by atoms with Gasteiger partial charge >= 0.3 is 0 Å². The highest BCUT2D eigenvalue weighted by molar-refractivity contribution is 14.2. The van der Waals surface area contributed by atoms with E-state index in [0.717, 1.165) is 5.56 Å². The first-order valence-electron chi connectivity index (χ1n) is 3.18. The summed E-state index contributed by atoms with van der Waals surface area (Å²) in [6.45, 7) is 2.07. The Morgan fingerprint density at radius 3 is 2.45 bits per heavy atom. The van der Waals surface area contributed by atoms with E-state index in [1.54, 1.807) is 0 Å². The summed E-state index contributed by atoms with van der Waals surface area (Å²) in [5.41, 5.74) is 2.36. The minimum absolute atomic E-state index is 1.08. The second-order valence-corrected chi connectivity index (χ2v) is 3.85. The molecule has 0 spiro atoms. The Labute approximate surface area is 83.4 Å². The molecule has 0 fully saturated rings. The highest BCUT2D eigenvalue weighted by Gasteiger charge is 1.84. The average Bonchev–Trinajstić information content (AvgIpc) is 2.04. The predicted octanol–water partition coefficient (Wildman–Crippen LogP) is 3.39. The zero-order chi connectivity index (χ0) is 8.10. The minimum Gasteiger partial charge on any atom is -0.0581 e. The van der Waals surface area contributed by atoms with Gasteiger partial charge in [-0.3, -0.25) is 0 Å². The van der Waals surface area contributed by atoms with E-state index in [0.29, 0.717) is 0 Å². The first-order valence-corrected chi connectivity index (χ1v) is 6.54. The molecule has 0 aromatic heterocycles. The molecule has 0 unspecified atom stereocenters. The van der Waals surface area contributed by atoms with Crippen LogP contribution < -0.4 is 0 Å². The van der Waals surface area contributed by atoms with Crippen molar-refractivity contribution < 1.29 is 0 Å². The molecule has 0 bridgehead atoms. The van der Waals surface area contributed by atoms with Crippen LogP contribution in [-0.4, -0.2) is 0 Å². The van der Waals surface area contributed by atoms with Crippen LogP contribution in [0.25, 0.3) is 0 Å². The number of halogens is 1. The van der Waals surface area contributed by atoms with Gasteiger partial charge in [-0.05, 0) is 33.2 Å². The largest absolute Gasteiger partial charge is 0.0581 e. The van der Waals surface area contributed by atoms with Crippen molar-refractivity contribution >= 4 is 30.1 Å². The zero-order valence-corrected chi connectivity index (χ0v) is 9.07. The monoisotopic (exact) mass is 274 g/mol. The molecule has 56 valence electrons. The van der Waals surface area contributed by atoms with Gasteiger partial charge < -0.3 is 0 Å². The van der Waals surface area contributed by atoms with Crippen LogP contribution in [0.2, 0.25) is 0 Å². The fraction of sp³-hybridized carbons (Fsp3) is 0.111. The van der Waals surface area contributed by atoms with E-state index in [2.05, 4.69) is 51.4 Å². The number of hydrogen-bond donors (Lipinski definition) is 0. The van der Waals surface area contributed by atoms with Crippen LogP contribution in [0, 0.1) is 18.1 Å². The van der Waals surface area contributed by atoms with E-state index in [-0.39, 0.29) is 0 Å². The lowest BCUT2D eigenvalue weighted by molar-refractivity contribution is 1.46. The van der Waals surface area contributed by atoms with Crippen molar-refractivity contribution in [2.45, 2.75) is 6.92 Å². The number of benzene rings is 1. The second-order valence-electron chi connectivity index (χ2n) is 2.17. The van der Waals surface area contributed by atoms with Crippen LogP contribution in [0.3, 0.4) is 0 Å².